The number of imidazole rings is 1. The molecule has 25 heavy (non-hydrogen) atoms. The molecule has 0 amide bonds. The van der Waals surface area contributed by atoms with Crippen LogP contribution in [0.15, 0.2) is 71.2 Å². The maximum Gasteiger partial charge on any atom is 0.271 e. The molecule has 8 heteroatoms. The third-order valence-electron chi connectivity index (χ3n) is 3.62. The Morgan fingerprint density at radius 3 is 2.60 bits per heavy atom. The van der Waals surface area contributed by atoms with E-state index in [9.17, 15) is 8.42 Å². The molecular weight excluding hydrogens is 378 g/mol. The van der Waals surface area contributed by atoms with Crippen molar-refractivity contribution in [2.45, 2.75) is 4.21 Å². The second-order valence-corrected chi connectivity index (χ2v) is 8.93. The summed E-state index contributed by atoms with van der Waals surface area (Å²) in [6.45, 7) is 0. The lowest BCUT2D eigenvalue weighted by atomic mass is 10.1. The van der Waals surface area contributed by atoms with Crippen LogP contribution in [0.2, 0.25) is 4.34 Å². The first-order valence-corrected chi connectivity index (χ1v) is 10.0. The molecule has 0 unspecified atom stereocenters. The summed E-state index contributed by atoms with van der Waals surface area (Å²) in [6.07, 6.45) is 3.76. The van der Waals surface area contributed by atoms with Gasteiger partial charge in [0.1, 0.15) is 9.86 Å². The fraction of sp³-hybridized carbons (Fsp3) is 0. The topological polar surface area (TPSA) is 63.5 Å². The summed E-state index contributed by atoms with van der Waals surface area (Å²) in [7, 11) is -3.70. The number of para-hydroxylation sites is 1. The first-order chi connectivity index (χ1) is 12.0. The first kappa shape index (κ1) is 16.1. The first-order valence-electron chi connectivity index (χ1n) is 7.34. The quantitative estimate of drug-likeness (QED) is 0.558. The van der Waals surface area contributed by atoms with E-state index in [0.717, 1.165) is 17.0 Å². The highest BCUT2D eigenvalue weighted by Gasteiger charge is 2.19. The van der Waals surface area contributed by atoms with Crippen LogP contribution in [0.1, 0.15) is 0 Å². The largest absolute Gasteiger partial charge is 0.306 e. The summed E-state index contributed by atoms with van der Waals surface area (Å²) in [5.41, 5.74) is 2.65. The van der Waals surface area contributed by atoms with Gasteiger partial charge in [0, 0.05) is 18.0 Å². The summed E-state index contributed by atoms with van der Waals surface area (Å²) < 4.78 is 30.3. The Morgan fingerprint density at radius 1 is 1.04 bits per heavy atom. The third-order valence-corrected chi connectivity index (χ3v) is 6.71. The molecule has 0 bridgehead atoms. The molecule has 0 saturated heterocycles. The molecule has 126 valence electrons. The van der Waals surface area contributed by atoms with Gasteiger partial charge >= 0.3 is 0 Å². The maximum atomic E-state index is 12.6. The van der Waals surface area contributed by atoms with Gasteiger partial charge in [-0.05, 0) is 30.3 Å². The van der Waals surface area contributed by atoms with Crippen LogP contribution in [0.25, 0.3) is 16.9 Å². The molecule has 0 atom stereocenters. The van der Waals surface area contributed by atoms with Crippen LogP contribution >= 0.6 is 22.9 Å². The summed E-state index contributed by atoms with van der Waals surface area (Å²) in [6, 6.07) is 15.9. The molecule has 0 aliphatic rings. The SMILES string of the molecule is O=S(=O)(Nc1ccccc1-c1cn2ccccc2n1)c1ccc(Cl)s1. The molecule has 4 rings (SSSR count). The van der Waals surface area contributed by atoms with E-state index in [0.29, 0.717) is 21.3 Å². The number of nitrogens with zero attached hydrogens (tertiary/aromatic N) is 2. The van der Waals surface area contributed by atoms with E-state index in [1.807, 2.05) is 47.1 Å². The van der Waals surface area contributed by atoms with Crippen molar-refractivity contribution in [3.8, 4) is 11.3 Å². The Bertz CT molecular complexity index is 1130. The molecular formula is C17H12ClN3O2S2. The van der Waals surface area contributed by atoms with Crippen LogP contribution in [0.5, 0.6) is 0 Å². The van der Waals surface area contributed by atoms with Crippen LogP contribution in [0, 0.1) is 0 Å². The number of nitrogens with one attached hydrogen (secondary N) is 1. The van der Waals surface area contributed by atoms with Gasteiger partial charge < -0.3 is 4.40 Å². The smallest absolute Gasteiger partial charge is 0.271 e. The number of aromatic nitrogens is 2. The van der Waals surface area contributed by atoms with Gasteiger partial charge in [-0.2, -0.15) is 0 Å². The number of sulfonamides is 1. The van der Waals surface area contributed by atoms with Gasteiger partial charge in [0.15, 0.2) is 0 Å². The van der Waals surface area contributed by atoms with E-state index in [1.165, 1.54) is 6.07 Å². The van der Waals surface area contributed by atoms with Gasteiger partial charge in [-0.15, -0.1) is 11.3 Å². The third kappa shape index (κ3) is 3.13. The van der Waals surface area contributed by atoms with Gasteiger partial charge in [0.25, 0.3) is 10.0 Å². The molecule has 0 fully saturated rings. The van der Waals surface area contributed by atoms with Crippen LogP contribution in [0.3, 0.4) is 0 Å². The Kier molecular flexibility index (Phi) is 3.99. The Morgan fingerprint density at radius 2 is 1.84 bits per heavy atom. The Hall–Kier alpha value is -2.35. The molecule has 3 aromatic heterocycles. The van der Waals surface area contributed by atoms with Crippen molar-refractivity contribution in [3.05, 3.63) is 71.3 Å². The second-order valence-electron chi connectivity index (χ2n) is 5.30. The highest BCUT2D eigenvalue weighted by atomic mass is 35.5. The van der Waals surface area contributed by atoms with Gasteiger partial charge in [-0.3, -0.25) is 4.72 Å². The van der Waals surface area contributed by atoms with Crippen molar-refractivity contribution in [2.75, 3.05) is 4.72 Å². The number of hydrogen-bond acceptors (Lipinski definition) is 4. The van der Waals surface area contributed by atoms with Crippen molar-refractivity contribution in [2.24, 2.45) is 0 Å². The van der Waals surface area contributed by atoms with Crippen LogP contribution in [-0.2, 0) is 10.0 Å². The summed E-state index contributed by atoms with van der Waals surface area (Å²) >= 11 is 6.87. The maximum absolute atomic E-state index is 12.6. The number of hydrogen-bond donors (Lipinski definition) is 1. The average molecular weight is 390 g/mol. The van der Waals surface area contributed by atoms with Gasteiger partial charge in [-0.1, -0.05) is 35.9 Å². The lowest BCUT2D eigenvalue weighted by molar-refractivity contribution is 0.603. The average Bonchev–Trinajstić information content (AvgIpc) is 3.21. The lowest BCUT2D eigenvalue weighted by Crippen LogP contribution is -2.12. The van der Waals surface area contributed by atoms with Crippen molar-refractivity contribution in [3.63, 3.8) is 0 Å². The number of benzene rings is 1. The molecule has 1 aromatic carbocycles. The molecule has 0 radical (unpaired) electrons. The minimum atomic E-state index is -3.70. The molecule has 0 aliphatic carbocycles. The molecule has 0 aliphatic heterocycles. The zero-order valence-corrected chi connectivity index (χ0v) is 15.1. The Balaban J connectivity index is 1.77. The van der Waals surface area contributed by atoms with Crippen LogP contribution in [0.4, 0.5) is 5.69 Å². The molecule has 4 aromatic rings. The molecule has 0 spiro atoms. The van der Waals surface area contributed by atoms with Gasteiger partial charge in [-0.25, -0.2) is 13.4 Å². The molecule has 3 heterocycles. The summed E-state index contributed by atoms with van der Waals surface area (Å²) in [5.74, 6) is 0. The van der Waals surface area contributed by atoms with Crippen LogP contribution < -0.4 is 4.72 Å². The molecule has 0 saturated carbocycles. The number of fused-ring (bicyclic) bond motifs is 1. The number of anilines is 1. The summed E-state index contributed by atoms with van der Waals surface area (Å²) in [4.78, 5) is 4.56. The van der Waals surface area contributed by atoms with Crippen molar-refractivity contribution in [1.82, 2.24) is 9.38 Å². The zero-order chi connectivity index (χ0) is 17.4. The fourth-order valence-electron chi connectivity index (χ4n) is 2.50. The van der Waals surface area contributed by atoms with E-state index < -0.39 is 10.0 Å². The predicted molar refractivity (Wildman–Crippen MR) is 101 cm³/mol. The minimum Gasteiger partial charge on any atom is -0.306 e. The number of halogens is 1. The van der Waals surface area contributed by atoms with E-state index in [1.54, 1.807) is 18.2 Å². The van der Waals surface area contributed by atoms with E-state index in [2.05, 4.69) is 9.71 Å². The lowest BCUT2D eigenvalue weighted by Gasteiger charge is -2.10. The molecule has 1 N–H and O–H groups in total. The van der Waals surface area contributed by atoms with Crippen molar-refractivity contribution < 1.29 is 8.42 Å². The van der Waals surface area contributed by atoms with Gasteiger partial charge in [0.05, 0.1) is 15.7 Å². The molecule has 5 nitrogen and oxygen atoms in total. The van der Waals surface area contributed by atoms with E-state index >= 15 is 0 Å². The zero-order valence-electron chi connectivity index (χ0n) is 12.8. The number of rotatable bonds is 4. The van der Waals surface area contributed by atoms with Crippen molar-refractivity contribution >= 4 is 44.3 Å². The number of thiophene rings is 1. The van der Waals surface area contributed by atoms with Gasteiger partial charge in [0.2, 0.25) is 0 Å². The van der Waals surface area contributed by atoms with E-state index in [-0.39, 0.29) is 4.21 Å². The summed E-state index contributed by atoms with van der Waals surface area (Å²) in [5, 5.41) is 0. The van der Waals surface area contributed by atoms with Crippen molar-refractivity contribution in [1.29, 1.82) is 0 Å². The second kappa shape index (κ2) is 6.18. The predicted octanol–water partition coefficient (Wildman–Crippen LogP) is 4.52. The monoisotopic (exact) mass is 389 g/mol. The fourth-order valence-corrected chi connectivity index (χ4v) is 5.06. The Labute approximate surface area is 153 Å². The normalized spacial score (nSPS) is 11.7. The standard InChI is InChI=1S/C17H12ClN3O2S2/c18-15-8-9-17(24-15)25(22,23)20-13-6-2-1-5-12(13)14-11-21-10-4-3-7-16(21)19-14/h1-11,20H. The number of pyridine rings is 1. The highest BCUT2D eigenvalue weighted by Crippen LogP contribution is 2.31. The van der Waals surface area contributed by atoms with Crippen LogP contribution in [-0.4, -0.2) is 17.8 Å². The highest BCUT2D eigenvalue weighted by molar-refractivity contribution is 7.94. The van der Waals surface area contributed by atoms with E-state index in [4.69, 9.17) is 11.6 Å². The minimum absolute atomic E-state index is 0.169.